The highest BCUT2D eigenvalue weighted by Crippen LogP contribution is 2.33. The number of piperidine rings is 1. The van der Waals surface area contributed by atoms with Gasteiger partial charge in [0.1, 0.15) is 22.4 Å². The summed E-state index contributed by atoms with van der Waals surface area (Å²) in [6.07, 6.45) is 7.05. The van der Waals surface area contributed by atoms with Crippen LogP contribution >= 0.6 is 11.3 Å². The van der Waals surface area contributed by atoms with Crippen LogP contribution in [0.15, 0.2) is 29.6 Å². The molecule has 1 saturated heterocycles. The molecule has 0 bridgehead atoms. The second-order valence-electron chi connectivity index (χ2n) is 8.87. The number of thiazole rings is 1. The Balaban J connectivity index is 1.26. The van der Waals surface area contributed by atoms with E-state index in [0.717, 1.165) is 72.6 Å². The van der Waals surface area contributed by atoms with E-state index < -0.39 is 0 Å². The number of fused-ring (bicyclic) bond motifs is 1. The van der Waals surface area contributed by atoms with Gasteiger partial charge in [0.25, 0.3) is 0 Å². The van der Waals surface area contributed by atoms with Gasteiger partial charge in [-0.2, -0.15) is 0 Å². The SMILES string of the molecule is CCOc1ccccc1-c1nc(CC(=O)N2CCCC(c3nnc4n3CCCCC4)C2)cs1. The van der Waals surface area contributed by atoms with Gasteiger partial charge in [-0.1, -0.05) is 18.6 Å². The molecule has 2 aliphatic heterocycles. The average molecular weight is 466 g/mol. The van der Waals surface area contributed by atoms with Crippen LogP contribution in [-0.2, 0) is 24.2 Å². The summed E-state index contributed by atoms with van der Waals surface area (Å²) in [7, 11) is 0. The topological polar surface area (TPSA) is 73.1 Å². The minimum Gasteiger partial charge on any atom is -0.493 e. The minimum absolute atomic E-state index is 0.144. The minimum atomic E-state index is 0.144. The van der Waals surface area contributed by atoms with Crippen molar-refractivity contribution >= 4 is 17.2 Å². The van der Waals surface area contributed by atoms with Crippen molar-refractivity contribution in [2.24, 2.45) is 0 Å². The summed E-state index contributed by atoms with van der Waals surface area (Å²) in [5.41, 5.74) is 1.80. The molecule has 4 heterocycles. The fourth-order valence-electron chi connectivity index (χ4n) is 4.93. The molecule has 1 amide bonds. The standard InChI is InChI=1S/C25H31N5O2S/c1-2-32-21-11-6-5-10-20(21)25-26-19(17-33-25)15-23(31)29-13-8-9-18(16-29)24-28-27-22-12-4-3-7-14-30(22)24/h5-6,10-11,17-18H,2-4,7-9,12-16H2,1H3. The number of ether oxygens (including phenoxy) is 1. The summed E-state index contributed by atoms with van der Waals surface area (Å²) >= 11 is 1.56. The maximum absolute atomic E-state index is 13.2. The van der Waals surface area contributed by atoms with E-state index in [0.29, 0.717) is 13.0 Å². The van der Waals surface area contributed by atoms with E-state index in [1.54, 1.807) is 11.3 Å². The Kier molecular flexibility index (Phi) is 6.71. The smallest absolute Gasteiger partial charge is 0.228 e. The molecule has 2 aliphatic rings. The Labute approximate surface area is 198 Å². The zero-order chi connectivity index (χ0) is 22.6. The number of likely N-dealkylation sites (tertiary alicyclic amines) is 1. The summed E-state index contributed by atoms with van der Waals surface area (Å²) in [4.78, 5) is 19.9. The first-order valence-corrected chi connectivity index (χ1v) is 13.0. The molecule has 0 aliphatic carbocycles. The fraction of sp³-hybridized carbons (Fsp3) is 0.520. The lowest BCUT2D eigenvalue weighted by Crippen LogP contribution is -2.40. The third-order valence-corrected chi connectivity index (χ3v) is 7.50. The molecule has 174 valence electrons. The number of aromatic nitrogens is 4. The van der Waals surface area contributed by atoms with Crippen molar-refractivity contribution in [3.8, 4) is 16.3 Å². The van der Waals surface area contributed by atoms with Crippen LogP contribution in [0.3, 0.4) is 0 Å². The highest BCUT2D eigenvalue weighted by molar-refractivity contribution is 7.13. The first-order valence-electron chi connectivity index (χ1n) is 12.1. The lowest BCUT2D eigenvalue weighted by molar-refractivity contribution is -0.131. The van der Waals surface area contributed by atoms with Crippen molar-refractivity contribution in [1.29, 1.82) is 0 Å². The molecular weight excluding hydrogens is 434 g/mol. The van der Waals surface area contributed by atoms with E-state index in [2.05, 4.69) is 14.8 Å². The van der Waals surface area contributed by atoms with Crippen molar-refractivity contribution in [3.63, 3.8) is 0 Å². The van der Waals surface area contributed by atoms with E-state index in [9.17, 15) is 4.79 Å². The fourth-order valence-corrected chi connectivity index (χ4v) is 5.78. The number of para-hydroxylation sites is 1. The van der Waals surface area contributed by atoms with E-state index in [1.807, 2.05) is 41.5 Å². The average Bonchev–Trinajstić information content (AvgIpc) is 3.40. The van der Waals surface area contributed by atoms with Crippen molar-refractivity contribution in [2.45, 2.75) is 64.3 Å². The van der Waals surface area contributed by atoms with Gasteiger partial charge in [-0.3, -0.25) is 4.79 Å². The predicted octanol–water partition coefficient (Wildman–Crippen LogP) is 4.48. The van der Waals surface area contributed by atoms with Gasteiger partial charge in [0, 0.05) is 37.4 Å². The third kappa shape index (κ3) is 4.81. The normalized spacial score (nSPS) is 18.6. The molecule has 8 heteroatoms. The lowest BCUT2D eigenvalue weighted by Gasteiger charge is -2.32. The Morgan fingerprint density at radius 1 is 1.15 bits per heavy atom. The summed E-state index contributed by atoms with van der Waals surface area (Å²) < 4.78 is 8.08. The number of nitrogens with zero attached hydrogens (tertiary/aromatic N) is 5. The second-order valence-corrected chi connectivity index (χ2v) is 9.72. The van der Waals surface area contributed by atoms with Gasteiger partial charge in [0.2, 0.25) is 5.91 Å². The van der Waals surface area contributed by atoms with Crippen LogP contribution in [0.25, 0.3) is 10.6 Å². The highest BCUT2D eigenvalue weighted by Gasteiger charge is 2.29. The maximum atomic E-state index is 13.2. The van der Waals surface area contributed by atoms with Crippen LogP contribution < -0.4 is 4.74 Å². The largest absolute Gasteiger partial charge is 0.493 e. The molecule has 0 saturated carbocycles. The first-order chi connectivity index (χ1) is 16.2. The molecule has 1 unspecified atom stereocenters. The molecule has 0 radical (unpaired) electrons. The van der Waals surface area contributed by atoms with Gasteiger partial charge in [0.15, 0.2) is 0 Å². The Bertz CT molecular complexity index is 1110. The quantitative estimate of drug-likeness (QED) is 0.537. The number of benzene rings is 1. The highest BCUT2D eigenvalue weighted by atomic mass is 32.1. The van der Waals surface area contributed by atoms with Crippen LogP contribution in [0.1, 0.15) is 62.3 Å². The van der Waals surface area contributed by atoms with Gasteiger partial charge < -0.3 is 14.2 Å². The molecule has 2 aromatic heterocycles. The van der Waals surface area contributed by atoms with Crippen LogP contribution in [0.4, 0.5) is 0 Å². The van der Waals surface area contributed by atoms with Crippen LogP contribution in [0.5, 0.6) is 5.75 Å². The molecular formula is C25H31N5O2S. The first kappa shape index (κ1) is 22.1. The molecule has 3 aromatic rings. The number of hydrogen-bond donors (Lipinski definition) is 0. The Hall–Kier alpha value is -2.74. The summed E-state index contributed by atoms with van der Waals surface area (Å²) in [6, 6.07) is 7.94. The Morgan fingerprint density at radius 3 is 2.97 bits per heavy atom. The van der Waals surface area contributed by atoms with Crippen molar-refractivity contribution in [3.05, 3.63) is 47.0 Å². The number of amides is 1. The maximum Gasteiger partial charge on any atom is 0.228 e. The summed E-state index contributed by atoms with van der Waals surface area (Å²) in [5.74, 6) is 3.44. The third-order valence-electron chi connectivity index (χ3n) is 6.58. The monoisotopic (exact) mass is 465 g/mol. The van der Waals surface area contributed by atoms with E-state index in [-0.39, 0.29) is 11.8 Å². The molecule has 1 atom stereocenters. The zero-order valence-corrected chi connectivity index (χ0v) is 20.0. The number of aryl methyl sites for hydroxylation is 1. The van der Waals surface area contributed by atoms with Crippen LogP contribution in [0, 0.1) is 0 Å². The van der Waals surface area contributed by atoms with Gasteiger partial charge in [-0.25, -0.2) is 4.98 Å². The lowest BCUT2D eigenvalue weighted by atomic mass is 9.96. The van der Waals surface area contributed by atoms with Gasteiger partial charge in [0.05, 0.1) is 24.3 Å². The van der Waals surface area contributed by atoms with E-state index in [1.165, 1.54) is 19.3 Å². The van der Waals surface area contributed by atoms with Crippen molar-refractivity contribution in [1.82, 2.24) is 24.6 Å². The van der Waals surface area contributed by atoms with Crippen molar-refractivity contribution in [2.75, 3.05) is 19.7 Å². The summed E-state index contributed by atoms with van der Waals surface area (Å²) in [5, 5.41) is 11.9. The Morgan fingerprint density at radius 2 is 2.06 bits per heavy atom. The second kappa shape index (κ2) is 10.0. The molecule has 1 aromatic carbocycles. The molecule has 0 spiro atoms. The van der Waals surface area contributed by atoms with Crippen LogP contribution in [-0.4, -0.2) is 50.3 Å². The van der Waals surface area contributed by atoms with E-state index >= 15 is 0 Å². The van der Waals surface area contributed by atoms with Gasteiger partial charge in [-0.15, -0.1) is 21.5 Å². The number of hydrogen-bond acceptors (Lipinski definition) is 6. The van der Waals surface area contributed by atoms with Crippen LogP contribution in [0.2, 0.25) is 0 Å². The predicted molar refractivity (Wildman–Crippen MR) is 129 cm³/mol. The molecule has 5 rings (SSSR count). The summed E-state index contributed by atoms with van der Waals surface area (Å²) in [6.45, 7) is 5.12. The molecule has 7 nitrogen and oxygen atoms in total. The number of rotatable bonds is 6. The van der Waals surface area contributed by atoms with E-state index in [4.69, 9.17) is 9.72 Å². The van der Waals surface area contributed by atoms with Crippen molar-refractivity contribution < 1.29 is 9.53 Å². The number of carbonyl (C=O) groups excluding carboxylic acids is 1. The molecule has 1 fully saturated rings. The molecule has 33 heavy (non-hydrogen) atoms. The zero-order valence-electron chi connectivity index (χ0n) is 19.2. The number of carbonyl (C=O) groups is 1. The van der Waals surface area contributed by atoms with Gasteiger partial charge in [-0.05, 0) is 44.7 Å². The van der Waals surface area contributed by atoms with Gasteiger partial charge >= 0.3 is 0 Å². The molecule has 0 N–H and O–H groups in total.